The van der Waals surface area contributed by atoms with Crippen molar-refractivity contribution in [2.24, 2.45) is 5.73 Å². The van der Waals surface area contributed by atoms with E-state index in [9.17, 15) is 8.42 Å². The van der Waals surface area contributed by atoms with Crippen LogP contribution in [-0.4, -0.2) is 39.0 Å². The minimum absolute atomic E-state index is 0.00756. The fraction of sp³-hybridized carbons (Fsp3) is 0.538. The molecule has 0 amide bonds. The Balaban J connectivity index is 2.20. The average Bonchev–Trinajstić information content (AvgIpc) is 2.47. The van der Waals surface area contributed by atoms with E-state index in [1.165, 1.54) is 4.31 Å². The highest BCUT2D eigenvalue weighted by Crippen LogP contribution is 2.22. The first-order valence-electron chi connectivity index (χ1n) is 6.40. The molecular formula is C13H20N2O3S. The summed E-state index contributed by atoms with van der Waals surface area (Å²) >= 11 is 0. The van der Waals surface area contributed by atoms with Gasteiger partial charge in [-0.15, -0.1) is 0 Å². The summed E-state index contributed by atoms with van der Waals surface area (Å²) in [5, 5.41) is 0. The third-order valence-corrected chi connectivity index (χ3v) is 5.35. The van der Waals surface area contributed by atoms with Crippen molar-refractivity contribution in [2.75, 3.05) is 20.2 Å². The van der Waals surface area contributed by atoms with E-state index in [0.29, 0.717) is 24.5 Å². The topological polar surface area (TPSA) is 72.6 Å². The molecule has 1 aromatic carbocycles. The second-order valence-corrected chi connectivity index (χ2v) is 6.65. The zero-order valence-electron chi connectivity index (χ0n) is 11.1. The van der Waals surface area contributed by atoms with Crippen molar-refractivity contribution < 1.29 is 13.2 Å². The molecule has 1 heterocycles. The monoisotopic (exact) mass is 284 g/mol. The molecule has 1 aliphatic heterocycles. The van der Waals surface area contributed by atoms with Gasteiger partial charge in [-0.1, -0.05) is 12.1 Å². The van der Waals surface area contributed by atoms with E-state index in [2.05, 4.69) is 0 Å². The van der Waals surface area contributed by atoms with E-state index in [1.807, 2.05) is 0 Å². The summed E-state index contributed by atoms with van der Waals surface area (Å²) in [6.07, 6.45) is 1.74. The maximum absolute atomic E-state index is 12.5. The van der Waals surface area contributed by atoms with E-state index >= 15 is 0 Å². The van der Waals surface area contributed by atoms with Crippen LogP contribution >= 0.6 is 0 Å². The van der Waals surface area contributed by atoms with Crippen LogP contribution in [0.5, 0.6) is 0 Å². The van der Waals surface area contributed by atoms with Gasteiger partial charge in [-0.2, -0.15) is 4.31 Å². The first-order valence-corrected chi connectivity index (χ1v) is 7.84. The van der Waals surface area contributed by atoms with Crippen molar-refractivity contribution in [3.63, 3.8) is 0 Å². The first kappa shape index (κ1) is 14.5. The predicted octanol–water partition coefficient (Wildman–Crippen LogP) is 0.945. The van der Waals surface area contributed by atoms with E-state index in [4.69, 9.17) is 10.5 Å². The Labute approximate surface area is 114 Å². The lowest BCUT2D eigenvalue weighted by Crippen LogP contribution is -2.42. The molecule has 5 nitrogen and oxygen atoms in total. The van der Waals surface area contributed by atoms with Gasteiger partial charge in [0.1, 0.15) is 0 Å². The molecule has 0 aliphatic carbocycles. The second-order valence-electron chi connectivity index (χ2n) is 4.71. The smallest absolute Gasteiger partial charge is 0.243 e. The normalized spacial score (nSPS) is 21.5. The van der Waals surface area contributed by atoms with Gasteiger partial charge in [0.05, 0.1) is 11.0 Å². The molecule has 2 rings (SSSR count). The van der Waals surface area contributed by atoms with E-state index in [1.54, 1.807) is 31.4 Å². The molecule has 1 unspecified atom stereocenters. The van der Waals surface area contributed by atoms with E-state index in [-0.39, 0.29) is 6.10 Å². The standard InChI is InChI=1S/C13H20N2O3S/c1-18-12-3-2-8-15(10-12)19(16,17)13-6-4-11(9-14)5-7-13/h4-7,12H,2-3,8-10,14H2,1H3. The number of nitrogens with two attached hydrogens (primary N) is 1. The molecule has 1 atom stereocenters. The highest BCUT2D eigenvalue weighted by molar-refractivity contribution is 7.89. The maximum Gasteiger partial charge on any atom is 0.243 e. The molecule has 6 heteroatoms. The lowest BCUT2D eigenvalue weighted by molar-refractivity contribution is 0.0572. The van der Waals surface area contributed by atoms with Crippen molar-refractivity contribution in [3.8, 4) is 0 Å². The summed E-state index contributed by atoms with van der Waals surface area (Å²) in [6.45, 7) is 1.40. The minimum atomic E-state index is -3.42. The van der Waals surface area contributed by atoms with Crippen LogP contribution in [0.3, 0.4) is 0 Å². The van der Waals surface area contributed by atoms with Crippen molar-refractivity contribution in [2.45, 2.75) is 30.4 Å². The van der Waals surface area contributed by atoms with Gasteiger partial charge in [-0.25, -0.2) is 8.42 Å². The van der Waals surface area contributed by atoms with Gasteiger partial charge in [0.2, 0.25) is 10.0 Å². The average molecular weight is 284 g/mol. The molecule has 0 bridgehead atoms. The Kier molecular flexibility index (Phi) is 4.57. The van der Waals surface area contributed by atoms with Crippen LogP contribution in [0.1, 0.15) is 18.4 Å². The number of hydrogen-bond donors (Lipinski definition) is 1. The molecule has 0 aromatic heterocycles. The highest BCUT2D eigenvalue weighted by atomic mass is 32.2. The SMILES string of the molecule is COC1CCCN(S(=O)(=O)c2ccc(CN)cc2)C1. The third kappa shape index (κ3) is 3.14. The zero-order chi connectivity index (χ0) is 13.9. The highest BCUT2D eigenvalue weighted by Gasteiger charge is 2.30. The van der Waals surface area contributed by atoms with E-state index in [0.717, 1.165) is 18.4 Å². The number of nitrogens with zero attached hydrogens (tertiary/aromatic N) is 1. The summed E-state index contributed by atoms with van der Waals surface area (Å²) in [7, 11) is -1.80. The van der Waals surface area contributed by atoms with E-state index < -0.39 is 10.0 Å². The van der Waals surface area contributed by atoms with Crippen LogP contribution in [0.25, 0.3) is 0 Å². The lowest BCUT2D eigenvalue weighted by Gasteiger charge is -2.31. The molecule has 2 N–H and O–H groups in total. The Morgan fingerprint density at radius 2 is 2.05 bits per heavy atom. The number of rotatable bonds is 4. The summed E-state index contributed by atoms with van der Waals surface area (Å²) in [4.78, 5) is 0.321. The number of ether oxygens (including phenoxy) is 1. The fourth-order valence-corrected chi connectivity index (χ4v) is 3.77. The lowest BCUT2D eigenvalue weighted by atomic mass is 10.1. The molecule has 0 spiro atoms. The molecule has 1 aliphatic rings. The summed E-state index contributed by atoms with van der Waals surface area (Å²) in [6, 6.07) is 6.75. The molecule has 0 radical (unpaired) electrons. The Morgan fingerprint density at radius 3 is 2.63 bits per heavy atom. The molecular weight excluding hydrogens is 264 g/mol. The van der Waals surface area contributed by atoms with Gasteiger partial charge in [0.25, 0.3) is 0 Å². The van der Waals surface area contributed by atoms with Gasteiger partial charge in [0.15, 0.2) is 0 Å². The molecule has 0 saturated carbocycles. The van der Waals surface area contributed by atoms with Crippen LogP contribution in [0.4, 0.5) is 0 Å². The largest absolute Gasteiger partial charge is 0.380 e. The second kappa shape index (κ2) is 6.00. The first-order chi connectivity index (χ1) is 9.07. The van der Waals surface area contributed by atoms with Crippen LogP contribution in [0.15, 0.2) is 29.2 Å². The van der Waals surface area contributed by atoms with Crippen molar-refractivity contribution in [1.29, 1.82) is 0 Å². The Bertz CT molecular complexity index is 513. The van der Waals surface area contributed by atoms with Gasteiger partial charge < -0.3 is 10.5 Å². The van der Waals surface area contributed by atoms with Gasteiger partial charge in [-0.05, 0) is 30.5 Å². The summed E-state index contributed by atoms with van der Waals surface area (Å²) < 4.78 is 31.7. The quantitative estimate of drug-likeness (QED) is 0.893. The van der Waals surface area contributed by atoms with Crippen LogP contribution in [0.2, 0.25) is 0 Å². The number of hydrogen-bond acceptors (Lipinski definition) is 4. The Morgan fingerprint density at radius 1 is 1.37 bits per heavy atom. The van der Waals surface area contributed by atoms with Crippen LogP contribution in [-0.2, 0) is 21.3 Å². The zero-order valence-corrected chi connectivity index (χ0v) is 11.9. The molecule has 19 heavy (non-hydrogen) atoms. The molecule has 106 valence electrons. The summed E-state index contributed by atoms with van der Waals surface area (Å²) in [5.74, 6) is 0. The Hall–Kier alpha value is -0.950. The van der Waals surface area contributed by atoms with Crippen LogP contribution in [0, 0.1) is 0 Å². The maximum atomic E-state index is 12.5. The van der Waals surface area contributed by atoms with Gasteiger partial charge in [0, 0.05) is 26.7 Å². The fourth-order valence-electron chi connectivity index (χ4n) is 2.26. The number of piperidine rings is 1. The number of methoxy groups -OCH3 is 1. The molecule has 1 aromatic rings. The third-order valence-electron chi connectivity index (χ3n) is 3.47. The number of benzene rings is 1. The number of sulfonamides is 1. The molecule has 1 fully saturated rings. The predicted molar refractivity (Wildman–Crippen MR) is 73.1 cm³/mol. The van der Waals surface area contributed by atoms with Crippen molar-refractivity contribution in [3.05, 3.63) is 29.8 Å². The van der Waals surface area contributed by atoms with Crippen molar-refractivity contribution in [1.82, 2.24) is 4.31 Å². The van der Waals surface area contributed by atoms with Gasteiger partial charge >= 0.3 is 0 Å². The van der Waals surface area contributed by atoms with Crippen LogP contribution < -0.4 is 5.73 Å². The summed E-state index contributed by atoms with van der Waals surface area (Å²) in [5.41, 5.74) is 6.44. The van der Waals surface area contributed by atoms with Crippen molar-refractivity contribution >= 4 is 10.0 Å². The molecule has 1 saturated heterocycles. The van der Waals surface area contributed by atoms with Gasteiger partial charge in [-0.3, -0.25) is 0 Å². The minimum Gasteiger partial charge on any atom is -0.380 e.